The molecule has 0 fully saturated rings. The normalized spacial score (nSPS) is 11.1. The summed E-state index contributed by atoms with van der Waals surface area (Å²) in [6.45, 7) is 0.101. The van der Waals surface area contributed by atoms with Gasteiger partial charge in [0.1, 0.15) is 15.6 Å². The van der Waals surface area contributed by atoms with Crippen LogP contribution in [0.4, 0.5) is 0 Å². The third-order valence-corrected chi connectivity index (χ3v) is 5.72. The number of aromatic nitrogens is 3. The van der Waals surface area contributed by atoms with Gasteiger partial charge in [-0.25, -0.2) is 4.79 Å². The molecule has 1 aromatic carbocycles. The molecule has 0 unspecified atom stereocenters. The first-order valence-electron chi connectivity index (χ1n) is 7.50. The Bertz CT molecular complexity index is 1180. The fourth-order valence-corrected chi connectivity index (χ4v) is 4.43. The Morgan fingerprint density at radius 3 is 2.65 bits per heavy atom. The molecule has 0 amide bonds. The van der Waals surface area contributed by atoms with Crippen LogP contribution in [-0.4, -0.2) is 30.9 Å². The van der Waals surface area contributed by atoms with Gasteiger partial charge in [0.05, 0.1) is 16.8 Å². The van der Waals surface area contributed by atoms with Crippen molar-refractivity contribution in [3.05, 3.63) is 62.7 Å². The molecule has 3 heterocycles. The summed E-state index contributed by atoms with van der Waals surface area (Å²) in [5.41, 5.74) is 0.253. The summed E-state index contributed by atoms with van der Waals surface area (Å²) in [6, 6.07) is 11.2. The molecule has 0 spiro atoms. The molecular weight excluding hydrogens is 374 g/mol. The van der Waals surface area contributed by atoms with Gasteiger partial charge in [0.25, 0.3) is 5.56 Å². The first-order valence-corrected chi connectivity index (χ1v) is 9.20. The summed E-state index contributed by atoms with van der Waals surface area (Å²) in [7, 11) is 0. The van der Waals surface area contributed by atoms with Crippen LogP contribution in [0.5, 0.6) is 5.75 Å². The van der Waals surface area contributed by atoms with Crippen LogP contribution in [0.15, 0.2) is 46.6 Å². The van der Waals surface area contributed by atoms with Gasteiger partial charge in [0.15, 0.2) is 5.75 Å². The quantitative estimate of drug-likeness (QED) is 0.559. The van der Waals surface area contributed by atoms with E-state index in [9.17, 15) is 19.8 Å². The van der Waals surface area contributed by atoms with E-state index in [1.54, 1.807) is 11.4 Å². The first kappa shape index (κ1) is 16.4. The third kappa shape index (κ3) is 2.67. The fourth-order valence-electron chi connectivity index (χ4n) is 2.66. The number of aromatic hydroxyl groups is 1. The molecule has 130 valence electrons. The standard InChI is InChI=1S/C17H11N3O4S2/c21-13-12(17(23)24)14-10(6-7-25-14)20(16(13)22)8-11-18-19-15(26-11)9-4-2-1-3-5-9/h1-7,21H,8H2,(H,23,24). The van der Waals surface area contributed by atoms with Gasteiger partial charge in [-0.05, 0) is 11.4 Å². The maximum Gasteiger partial charge on any atom is 0.341 e. The highest BCUT2D eigenvalue weighted by Crippen LogP contribution is 2.30. The Kier molecular flexibility index (Phi) is 4.02. The van der Waals surface area contributed by atoms with Gasteiger partial charge >= 0.3 is 5.97 Å². The predicted octanol–water partition coefficient (Wildman–Crippen LogP) is 3.03. The molecule has 0 aliphatic rings. The molecule has 7 nitrogen and oxygen atoms in total. The molecule has 2 N–H and O–H groups in total. The monoisotopic (exact) mass is 385 g/mol. The highest BCUT2D eigenvalue weighted by molar-refractivity contribution is 7.17. The Labute approximate surface area is 154 Å². The number of benzene rings is 1. The second-order valence-corrected chi connectivity index (χ2v) is 7.40. The zero-order chi connectivity index (χ0) is 18.3. The number of hydrogen-bond donors (Lipinski definition) is 2. The fraction of sp³-hybridized carbons (Fsp3) is 0.0588. The van der Waals surface area contributed by atoms with Crippen molar-refractivity contribution < 1.29 is 15.0 Å². The lowest BCUT2D eigenvalue weighted by Crippen LogP contribution is -2.22. The summed E-state index contributed by atoms with van der Waals surface area (Å²) in [5.74, 6) is -2.10. The largest absolute Gasteiger partial charge is 0.502 e. The van der Waals surface area contributed by atoms with Crippen molar-refractivity contribution in [3.63, 3.8) is 0 Å². The van der Waals surface area contributed by atoms with Crippen molar-refractivity contribution in [1.29, 1.82) is 0 Å². The van der Waals surface area contributed by atoms with Crippen LogP contribution in [-0.2, 0) is 6.54 Å². The highest BCUT2D eigenvalue weighted by Gasteiger charge is 2.22. The molecule has 26 heavy (non-hydrogen) atoms. The summed E-state index contributed by atoms with van der Waals surface area (Å²) < 4.78 is 1.67. The lowest BCUT2D eigenvalue weighted by molar-refractivity contribution is 0.0695. The number of aromatic carboxylic acids is 1. The molecule has 0 aliphatic carbocycles. The second kappa shape index (κ2) is 6.36. The lowest BCUT2D eigenvalue weighted by atomic mass is 10.2. The van der Waals surface area contributed by atoms with Gasteiger partial charge in [-0.3, -0.25) is 9.36 Å². The van der Waals surface area contributed by atoms with Crippen LogP contribution in [0.25, 0.3) is 20.8 Å². The average Bonchev–Trinajstić information content (AvgIpc) is 3.29. The van der Waals surface area contributed by atoms with E-state index in [1.165, 1.54) is 15.9 Å². The lowest BCUT2D eigenvalue weighted by Gasteiger charge is -2.09. The van der Waals surface area contributed by atoms with E-state index in [0.717, 1.165) is 21.9 Å². The zero-order valence-corrected chi connectivity index (χ0v) is 14.8. The minimum Gasteiger partial charge on any atom is -0.502 e. The van der Waals surface area contributed by atoms with Crippen LogP contribution in [0, 0.1) is 0 Å². The van der Waals surface area contributed by atoms with Crippen LogP contribution in [0.2, 0.25) is 0 Å². The summed E-state index contributed by atoms with van der Waals surface area (Å²) in [6.07, 6.45) is 0. The van der Waals surface area contributed by atoms with E-state index in [4.69, 9.17) is 0 Å². The Morgan fingerprint density at radius 1 is 1.15 bits per heavy atom. The predicted molar refractivity (Wildman–Crippen MR) is 99.2 cm³/mol. The van der Waals surface area contributed by atoms with E-state index >= 15 is 0 Å². The zero-order valence-electron chi connectivity index (χ0n) is 13.1. The van der Waals surface area contributed by atoms with Crippen molar-refractivity contribution >= 4 is 38.9 Å². The maximum atomic E-state index is 12.5. The SMILES string of the molecule is O=C(O)c1c(O)c(=O)n(Cc2nnc(-c3ccccc3)s2)c2ccsc12. The smallest absolute Gasteiger partial charge is 0.341 e. The minimum absolute atomic E-state index is 0.101. The maximum absolute atomic E-state index is 12.5. The van der Waals surface area contributed by atoms with Crippen LogP contribution in [0.1, 0.15) is 15.4 Å². The van der Waals surface area contributed by atoms with Crippen molar-refractivity contribution in [2.75, 3.05) is 0 Å². The summed E-state index contributed by atoms with van der Waals surface area (Å²) in [5, 5.41) is 30.6. The van der Waals surface area contributed by atoms with Crippen molar-refractivity contribution in [2.45, 2.75) is 6.54 Å². The van der Waals surface area contributed by atoms with Crippen molar-refractivity contribution in [3.8, 4) is 16.3 Å². The van der Waals surface area contributed by atoms with Crippen LogP contribution in [0.3, 0.4) is 0 Å². The summed E-state index contributed by atoms with van der Waals surface area (Å²) >= 11 is 2.50. The Morgan fingerprint density at radius 2 is 1.92 bits per heavy atom. The number of pyridine rings is 1. The van der Waals surface area contributed by atoms with Gasteiger partial charge in [0, 0.05) is 5.56 Å². The molecule has 4 rings (SSSR count). The number of fused-ring (bicyclic) bond motifs is 1. The van der Waals surface area contributed by atoms with E-state index in [2.05, 4.69) is 10.2 Å². The van der Waals surface area contributed by atoms with Crippen molar-refractivity contribution in [2.24, 2.45) is 0 Å². The highest BCUT2D eigenvalue weighted by atomic mass is 32.1. The number of carboxylic acids is 1. The van der Waals surface area contributed by atoms with Gasteiger partial charge in [-0.1, -0.05) is 41.7 Å². The van der Waals surface area contributed by atoms with E-state index < -0.39 is 17.3 Å². The molecule has 3 aromatic heterocycles. The molecule has 0 aliphatic heterocycles. The summed E-state index contributed by atoms with van der Waals surface area (Å²) in [4.78, 5) is 23.9. The van der Waals surface area contributed by atoms with Crippen molar-refractivity contribution in [1.82, 2.24) is 14.8 Å². The number of thiophene rings is 1. The first-order chi connectivity index (χ1) is 12.6. The number of hydrogen-bond acceptors (Lipinski definition) is 7. The number of carboxylic acid groups (broad SMARTS) is 1. The molecule has 0 bridgehead atoms. The topological polar surface area (TPSA) is 105 Å². The number of nitrogens with zero attached hydrogens (tertiary/aromatic N) is 3. The molecule has 0 atom stereocenters. The van der Waals surface area contributed by atoms with E-state index in [0.29, 0.717) is 15.2 Å². The van der Waals surface area contributed by atoms with Gasteiger partial charge in [-0.15, -0.1) is 21.5 Å². The number of carbonyl (C=O) groups is 1. The molecule has 0 saturated carbocycles. The number of rotatable bonds is 4. The van der Waals surface area contributed by atoms with E-state index in [-0.39, 0.29) is 12.1 Å². The molecule has 0 saturated heterocycles. The molecule has 4 aromatic rings. The average molecular weight is 385 g/mol. The van der Waals surface area contributed by atoms with Gasteiger partial charge < -0.3 is 10.2 Å². The van der Waals surface area contributed by atoms with Crippen LogP contribution >= 0.6 is 22.7 Å². The van der Waals surface area contributed by atoms with Gasteiger partial charge in [0.2, 0.25) is 0 Å². The Balaban J connectivity index is 1.80. The third-order valence-electron chi connectivity index (χ3n) is 3.84. The molecular formula is C17H11N3O4S2. The molecule has 9 heteroatoms. The minimum atomic E-state index is -1.33. The second-order valence-electron chi connectivity index (χ2n) is 5.42. The van der Waals surface area contributed by atoms with E-state index in [1.807, 2.05) is 30.3 Å². The van der Waals surface area contributed by atoms with Crippen LogP contribution < -0.4 is 5.56 Å². The Hall–Kier alpha value is -3.04. The van der Waals surface area contributed by atoms with Gasteiger partial charge in [-0.2, -0.15) is 0 Å². The molecule has 0 radical (unpaired) electrons.